The summed E-state index contributed by atoms with van der Waals surface area (Å²) in [5.41, 5.74) is 2.92. The average molecular weight is 219 g/mol. The minimum absolute atomic E-state index is 0.110. The van der Waals surface area contributed by atoms with E-state index < -0.39 is 0 Å². The molecule has 1 aliphatic carbocycles. The highest BCUT2D eigenvalue weighted by molar-refractivity contribution is 5.36. The molecule has 0 amide bonds. The van der Waals surface area contributed by atoms with Crippen molar-refractivity contribution in [3.8, 4) is 0 Å². The molecule has 2 nitrogen and oxygen atoms in total. The first-order valence-electron chi connectivity index (χ1n) is 5.89. The van der Waals surface area contributed by atoms with Gasteiger partial charge in [0.15, 0.2) is 0 Å². The van der Waals surface area contributed by atoms with Crippen molar-refractivity contribution >= 4 is 0 Å². The van der Waals surface area contributed by atoms with Gasteiger partial charge in [0.05, 0.1) is 12.1 Å². The first-order chi connectivity index (χ1) is 7.51. The lowest BCUT2D eigenvalue weighted by molar-refractivity contribution is 0.0699. The molecule has 0 heterocycles. The van der Waals surface area contributed by atoms with E-state index in [2.05, 4.69) is 50.4 Å². The van der Waals surface area contributed by atoms with Crippen LogP contribution >= 0.6 is 0 Å². The quantitative estimate of drug-likeness (QED) is 0.825. The lowest BCUT2D eigenvalue weighted by atomic mass is 10.0. The van der Waals surface area contributed by atoms with Gasteiger partial charge in [-0.15, -0.1) is 0 Å². The fourth-order valence-corrected chi connectivity index (χ4v) is 2.41. The molecule has 0 fully saturated rings. The Bertz CT molecular complexity index is 367. The predicted octanol–water partition coefficient (Wildman–Crippen LogP) is 2.69. The fourth-order valence-electron chi connectivity index (χ4n) is 2.41. The molecule has 1 aromatic rings. The number of hydrogen-bond donors (Lipinski definition) is 1. The van der Waals surface area contributed by atoms with E-state index in [4.69, 9.17) is 4.74 Å². The smallest absolute Gasteiger partial charge is 0.0806 e. The van der Waals surface area contributed by atoms with E-state index in [1.54, 1.807) is 7.11 Å². The van der Waals surface area contributed by atoms with Crippen molar-refractivity contribution in [2.75, 3.05) is 7.11 Å². The second-order valence-corrected chi connectivity index (χ2v) is 5.55. The molecule has 88 valence electrons. The number of hydrogen-bond acceptors (Lipinski definition) is 2. The second-order valence-electron chi connectivity index (χ2n) is 5.55. The molecule has 0 radical (unpaired) electrons. The average Bonchev–Trinajstić information content (AvgIpc) is 2.55. The zero-order valence-electron chi connectivity index (χ0n) is 10.6. The summed E-state index contributed by atoms with van der Waals surface area (Å²) in [6.45, 7) is 6.59. The minimum atomic E-state index is 0.110. The monoisotopic (exact) mass is 219 g/mol. The van der Waals surface area contributed by atoms with Gasteiger partial charge >= 0.3 is 0 Å². The summed E-state index contributed by atoms with van der Waals surface area (Å²) in [5, 5.41) is 3.65. The van der Waals surface area contributed by atoms with E-state index in [0.717, 1.165) is 6.42 Å². The maximum Gasteiger partial charge on any atom is 0.0806 e. The van der Waals surface area contributed by atoms with Crippen LogP contribution in [0.1, 0.15) is 37.9 Å². The molecule has 2 atom stereocenters. The zero-order chi connectivity index (χ0) is 11.8. The van der Waals surface area contributed by atoms with Crippen LogP contribution in [0.15, 0.2) is 24.3 Å². The van der Waals surface area contributed by atoms with Gasteiger partial charge < -0.3 is 10.1 Å². The highest BCUT2D eigenvalue weighted by atomic mass is 16.5. The van der Waals surface area contributed by atoms with Gasteiger partial charge in [-0.25, -0.2) is 0 Å². The SMILES string of the molecule is CO[C@H]1Cc2ccccc2[C@H]1NC(C)(C)C. The summed E-state index contributed by atoms with van der Waals surface area (Å²) < 4.78 is 5.59. The van der Waals surface area contributed by atoms with Gasteiger partial charge in [-0.05, 0) is 31.9 Å². The summed E-state index contributed by atoms with van der Waals surface area (Å²) in [6, 6.07) is 8.93. The number of rotatable bonds is 2. The maximum absolute atomic E-state index is 5.59. The fraction of sp³-hybridized carbons (Fsp3) is 0.571. The van der Waals surface area contributed by atoms with Crippen molar-refractivity contribution in [1.29, 1.82) is 0 Å². The third-order valence-corrected chi connectivity index (χ3v) is 3.07. The Hall–Kier alpha value is -0.860. The molecule has 0 saturated heterocycles. The van der Waals surface area contributed by atoms with Crippen LogP contribution in [0.3, 0.4) is 0 Å². The first-order valence-corrected chi connectivity index (χ1v) is 5.89. The Morgan fingerprint density at radius 1 is 1.25 bits per heavy atom. The summed E-state index contributed by atoms with van der Waals surface area (Å²) in [6.07, 6.45) is 1.28. The van der Waals surface area contributed by atoms with Crippen molar-refractivity contribution < 1.29 is 4.74 Å². The van der Waals surface area contributed by atoms with Crippen molar-refractivity contribution in [2.45, 2.75) is 44.9 Å². The van der Waals surface area contributed by atoms with Crippen molar-refractivity contribution in [2.24, 2.45) is 0 Å². The number of methoxy groups -OCH3 is 1. The number of fused-ring (bicyclic) bond motifs is 1. The number of benzene rings is 1. The van der Waals surface area contributed by atoms with Crippen LogP contribution < -0.4 is 5.32 Å². The summed E-state index contributed by atoms with van der Waals surface area (Å²) in [4.78, 5) is 0. The van der Waals surface area contributed by atoms with Crippen LogP contribution in [0.25, 0.3) is 0 Å². The Morgan fingerprint density at radius 2 is 1.94 bits per heavy atom. The van der Waals surface area contributed by atoms with Crippen molar-refractivity contribution in [1.82, 2.24) is 5.32 Å². The normalized spacial score (nSPS) is 24.5. The van der Waals surface area contributed by atoms with Crippen molar-refractivity contribution in [3.63, 3.8) is 0 Å². The standard InChI is InChI=1S/C14H21NO/c1-14(2,3)15-13-11-8-6-5-7-10(11)9-12(13)16-4/h5-8,12-13,15H,9H2,1-4H3/t12-,13+/m0/s1. The van der Waals surface area contributed by atoms with E-state index in [1.165, 1.54) is 11.1 Å². The number of nitrogens with one attached hydrogen (secondary N) is 1. The molecule has 2 rings (SSSR count). The summed E-state index contributed by atoms with van der Waals surface area (Å²) >= 11 is 0. The zero-order valence-corrected chi connectivity index (χ0v) is 10.6. The Kier molecular flexibility index (Phi) is 3.04. The summed E-state index contributed by atoms with van der Waals surface area (Å²) in [5.74, 6) is 0. The molecule has 1 aromatic carbocycles. The van der Waals surface area contributed by atoms with Crippen LogP contribution in [-0.4, -0.2) is 18.8 Å². The number of ether oxygens (including phenoxy) is 1. The molecule has 0 saturated carbocycles. The molecule has 0 unspecified atom stereocenters. The van der Waals surface area contributed by atoms with E-state index in [0.29, 0.717) is 6.04 Å². The van der Waals surface area contributed by atoms with Gasteiger partial charge in [-0.2, -0.15) is 0 Å². The molecular formula is C14H21NO. The van der Waals surface area contributed by atoms with Crippen LogP contribution in [0.5, 0.6) is 0 Å². The topological polar surface area (TPSA) is 21.3 Å². The highest BCUT2D eigenvalue weighted by Crippen LogP contribution is 2.34. The molecule has 0 spiro atoms. The lowest BCUT2D eigenvalue weighted by Gasteiger charge is -2.29. The minimum Gasteiger partial charge on any atom is -0.379 e. The predicted molar refractivity (Wildman–Crippen MR) is 66.6 cm³/mol. The van der Waals surface area contributed by atoms with Crippen molar-refractivity contribution in [3.05, 3.63) is 35.4 Å². The largest absolute Gasteiger partial charge is 0.379 e. The lowest BCUT2D eigenvalue weighted by Crippen LogP contribution is -2.42. The summed E-state index contributed by atoms with van der Waals surface area (Å²) in [7, 11) is 1.80. The van der Waals surface area contributed by atoms with Gasteiger partial charge in [0.25, 0.3) is 0 Å². The molecule has 1 aliphatic rings. The highest BCUT2D eigenvalue weighted by Gasteiger charge is 2.34. The first kappa shape index (κ1) is 11.6. The van der Waals surface area contributed by atoms with E-state index in [1.807, 2.05) is 0 Å². The van der Waals surface area contributed by atoms with Crippen LogP contribution in [0, 0.1) is 0 Å². The maximum atomic E-state index is 5.59. The second kappa shape index (κ2) is 4.19. The van der Waals surface area contributed by atoms with Gasteiger partial charge in [-0.3, -0.25) is 0 Å². The van der Waals surface area contributed by atoms with E-state index in [9.17, 15) is 0 Å². The molecule has 0 bridgehead atoms. The van der Waals surface area contributed by atoms with Crippen LogP contribution in [0.2, 0.25) is 0 Å². The Morgan fingerprint density at radius 3 is 2.56 bits per heavy atom. The molecule has 16 heavy (non-hydrogen) atoms. The van der Waals surface area contributed by atoms with Gasteiger partial charge in [0.2, 0.25) is 0 Å². The molecule has 2 heteroatoms. The molecule has 1 N–H and O–H groups in total. The molecule has 0 aromatic heterocycles. The third-order valence-electron chi connectivity index (χ3n) is 3.07. The van der Waals surface area contributed by atoms with Crippen LogP contribution in [-0.2, 0) is 11.2 Å². The van der Waals surface area contributed by atoms with Gasteiger partial charge in [0, 0.05) is 19.1 Å². The third kappa shape index (κ3) is 2.28. The van der Waals surface area contributed by atoms with E-state index >= 15 is 0 Å². The van der Waals surface area contributed by atoms with Crippen LogP contribution in [0.4, 0.5) is 0 Å². The van der Waals surface area contributed by atoms with E-state index in [-0.39, 0.29) is 11.6 Å². The Labute approximate surface area is 98.0 Å². The Balaban J connectivity index is 2.27. The van der Waals surface area contributed by atoms with Gasteiger partial charge in [0.1, 0.15) is 0 Å². The molecular weight excluding hydrogens is 198 g/mol. The van der Waals surface area contributed by atoms with Gasteiger partial charge in [-0.1, -0.05) is 24.3 Å². The molecule has 0 aliphatic heterocycles.